The molecule has 0 bridgehead atoms. The van der Waals surface area contributed by atoms with Crippen LogP contribution in [0.15, 0.2) is 29.6 Å². The van der Waals surface area contributed by atoms with Gasteiger partial charge in [0.05, 0.1) is 6.54 Å². The van der Waals surface area contributed by atoms with E-state index in [1.165, 1.54) is 40.5 Å². The highest BCUT2D eigenvalue weighted by atomic mass is 32.1. The number of nitrogens with one attached hydrogen (secondary N) is 1. The quantitative estimate of drug-likeness (QED) is 0.684. The maximum atomic E-state index is 13.0. The molecule has 0 unspecified atom stereocenters. The number of thiazole rings is 1. The summed E-state index contributed by atoms with van der Waals surface area (Å²) in [6.45, 7) is -0.508. The molecule has 3 aromatic rings. The molecular weight excluding hydrogens is 387 g/mol. The fraction of sp³-hybridized carbons (Fsp3) is 0.200. The lowest BCUT2D eigenvalue weighted by molar-refractivity contribution is 0.0993. The van der Waals surface area contributed by atoms with Crippen molar-refractivity contribution >= 4 is 38.8 Å². The molecule has 0 aliphatic carbocycles. The molecule has 1 aromatic carbocycles. The SMILES string of the molecule is CN(C(=O)c1ccc(F)cc1)c1nc(-c2nnc(NCC(F)F)s2)cs1. The first-order valence-electron chi connectivity index (χ1n) is 7.29. The lowest BCUT2D eigenvalue weighted by Crippen LogP contribution is -2.26. The molecule has 0 spiro atoms. The van der Waals surface area contributed by atoms with Gasteiger partial charge < -0.3 is 5.32 Å². The number of carbonyl (C=O) groups excluding carboxylic acids is 1. The van der Waals surface area contributed by atoms with Crippen molar-refractivity contribution in [2.24, 2.45) is 0 Å². The van der Waals surface area contributed by atoms with Crippen molar-refractivity contribution in [3.63, 3.8) is 0 Å². The van der Waals surface area contributed by atoms with Crippen LogP contribution in [0.4, 0.5) is 23.4 Å². The van der Waals surface area contributed by atoms with Gasteiger partial charge in [-0.3, -0.25) is 9.69 Å². The minimum absolute atomic E-state index is 0.269. The molecule has 11 heteroatoms. The van der Waals surface area contributed by atoms with Gasteiger partial charge in [0.15, 0.2) is 10.1 Å². The van der Waals surface area contributed by atoms with Gasteiger partial charge in [0, 0.05) is 18.0 Å². The van der Waals surface area contributed by atoms with E-state index >= 15 is 0 Å². The summed E-state index contributed by atoms with van der Waals surface area (Å²) in [4.78, 5) is 18.1. The fourth-order valence-corrected chi connectivity index (χ4v) is 3.51. The Balaban J connectivity index is 1.72. The van der Waals surface area contributed by atoms with Crippen LogP contribution in [0, 0.1) is 5.82 Å². The molecule has 1 N–H and O–H groups in total. The normalized spacial score (nSPS) is 11.0. The largest absolute Gasteiger partial charge is 0.354 e. The van der Waals surface area contributed by atoms with E-state index in [2.05, 4.69) is 20.5 Å². The van der Waals surface area contributed by atoms with Gasteiger partial charge in [-0.25, -0.2) is 18.2 Å². The first kappa shape index (κ1) is 18.3. The zero-order chi connectivity index (χ0) is 18.7. The van der Waals surface area contributed by atoms with Crippen molar-refractivity contribution < 1.29 is 18.0 Å². The molecule has 0 radical (unpaired) electrons. The number of hydrogen-bond acceptors (Lipinski definition) is 7. The van der Waals surface area contributed by atoms with Crippen LogP contribution < -0.4 is 10.2 Å². The molecule has 0 aliphatic rings. The van der Waals surface area contributed by atoms with Gasteiger partial charge in [0.25, 0.3) is 12.3 Å². The van der Waals surface area contributed by atoms with Gasteiger partial charge in [-0.1, -0.05) is 11.3 Å². The lowest BCUT2D eigenvalue weighted by atomic mass is 10.2. The Kier molecular flexibility index (Phi) is 5.47. The predicted molar refractivity (Wildman–Crippen MR) is 94.6 cm³/mol. The number of amides is 1. The highest BCUT2D eigenvalue weighted by molar-refractivity contribution is 7.19. The second kappa shape index (κ2) is 7.79. The van der Waals surface area contributed by atoms with Crippen LogP contribution >= 0.6 is 22.7 Å². The first-order chi connectivity index (χ1) is 12.4. The monoisotopic (exact) mass is 399 g/mol. The predicted octanol–water partition coefficient (Wildman–Crippen LogP) is 3.75. The highest BCUT2D eigenvalue weighted by Gasteiger charge is 2.18. The van der Waals surface area contributed by atoms with Crippen molar-refractivity contribution in [1.82, 2.24) is 15.2 Å². The first-order valence-corrected chi connectivity index (χ1v) is 8.98. The summed E-state index contributed by atoms with van der Waals surface area (Å²) in [6.07, 6.45) is -2.49. The topological polar surface area (TPSA) is 71.0 Å². The van der Waals surface area contributed by atoms with Gasteiger partial charge in [-0.2, -0.15) is 0 Å². The molecule has 2 heterocycles. The summed E-state index contributed by atoms with van der Waals surface area (Å²) in [5.74, 6) is -0.754. The molecule has 0 fully saturated rings. The Morgan fingerprint density at radius 2 is 2.00 bits per heavy atom. The number of nitrogens with zero attached hydrogens (tertiary/aromatic N) is 4. The van der Waals surface area contributed by atoms with Crippen LogP contribution in [-0.4, -0.2) is 41.1 Å². The second-order valence-corrected chi connectivity index (χ2v) is 6.88. The summed E-state index contributed by atoms with van der Waals surface area (Å²) in [6, 6.07) is 5.22. The van der Waals surface area contributed by atoms with Crippen molar-refractivity contribution in [2.45, 2.75) is 6.43 Å². The number of carbonyl (C=O) groups is 1. The van der Waals surface area contributed by atoms with E-state index in [4.69, 9.17) is 0 Å². The molecule has 26 heavy (non-hydrogen) atoms. The summed E-state index contributed by atoms with van der Waals surface area (Å²) >= 11 is 2.32. The van der Waals surface area contributed by atoms with E-state index in [1.54, 1.807) is 12.4 Å². The van der Waals surface area contributed by atoms with Gasteiger partial charge >= 0.3 is 0 Å². The Morgan fingerprint density at radius 1 is 1.27 bits per heavy atom. The maximum absolute atomic E-state index is 13.0. The number of aromatic nitrogens is 3. The minimum atomic E-state index is -2.49. The molecule has 0 aliphatic heterocycles. The van der Waals surface area contributed by atoms with Crippen molar-refractivity contribution in [2.75, 3.05) is 23.8 Å². The smallest absolute Gasteiger partial charge is 0.259 e. The number of benzene rings is 1. The number of halogens is 3. The Labute approximate surface area is 154 Å². The third-order valence-electron chi connectivity index (χ3n) is 3.23. The van der Waals surface area contributed by atoms with E-state index in [-0.39, 0.29) is 11.0 Å². The minimum Gasteiger partial charge on any atom is -0.354 e. The Hall–Kier alpha value is -2.53. The Bertz CT molecular complexity index is 897. The molecule has 2 aromatic heterocycles. The highest BCUT2D eigenvalue weighted by Crippen LogP contribution is 2.31. The number of rotatable bonds is 6. The molecule has 6 nitrogen and oxygen atoms in total. The average Bonchev–Trinajstić information content (AvgIpc) is 3.28. The van der Waals surface area contributed by atoms with E-state index < -0.39 is 18.8 Å². The zero-order valence-electron chi connectivity index (χ0n) is 13.3. The second-order valence-electron chi connectivity index (χ2n) is 5.07. The summed E-state index contributed by atoms with van der Waals surface area (Å²) in [5, 5.41) is 13.0. The molecule has 0 atom stereocenters. The summed E-state index contributed by atoms with van der Waals surface area (Å²) in [7, 11) is 1.56. The van der Waals surface area contributed by atoms with Gasteiger partial charge in [0.1, 0.15) is 11.5 Å². The van der Waals surface area contributed by atoms with Gasteiger partial charge in [-0.15, -0.1) is 21.5 Å². The fourth-order valence-electron chi connectivity index (χ4n) is 1.95. The lowest BCUT2D eigenvalue weighted by Gasteiger charge is -2.13. The van der Waals surface area contributed by atoms with Crippen LogP contribution in [0.2, 0.25) is 0 Å². The van der Waals surface area contributed by atoms with Crippen LogP contribution in [-0.2, 0) is 0 Å². The van der Waals surface area contributed by atoms with E-state index in [9.17, 15) is 18.0 Å². The van der Waals surface area contributed by atoms with E-state index in [1.807, 2.05) is 0 Å². The standard InChI is InChI=1S/C15H12F3N5OS2/c1-23(13(24)8-2-4-9(16)5-3-8)15-20-10(7-25-15)12-21-22-14(26-12)19-6-11(17)18/h2-5,7,11H,6H2,1H3,(H,19,22). The van der Waals surface area contributed by atoms with E-state index in [0.717, 1.165) is 11.3 Å². The Morgan fingerprint density at radius 3 is 2.69 bits per heavy atom. The third-order valence-corrected chi connectivity index (χ3v) is 5.05. The molecule has 0 saturated heterocycles. The number of alkyl halides is 2. The molecule has 0 saturated carbocycles. The average molecular weight is 399 g/mol. The summed E-state index contributed by atoms with van der Waals surface area (Å²) < 4.78 is 37.4. The van der Waals surface area contributed by atoms with Gasteiger partial charge in [-0.05, 0) is 24.3 Å². The maximum Gasteiger partial charge on any atom is 0.259 e. The van der Waals surface area contributed by atoms with E-state index in [0.29, 0.717) is 21.4 Å². The third kappa shape index (κ3) is 4.17. The summed E-state index contributed by atoms with van der Waals surface area (Å²) in [5.41, 5.74) is 0.825. The van der Waals surface area contributed by atoms with Crippen LogP contribution in [0.3, 0.4) is 0 Å². The number of hydrogen-bond donors (Lipinski definition) is 1. The van der Waals surface area contributed by atoms with Crippen molar-refractivity contribution in [3.8, 4) is 10.7 Å². The molecular formula is C15H12F3N5OS2. The van der Waals surface area contributed by atoms with Crippen LogP contribution in [0.5, 0.6) is 0 Å². The molecule has 3 rings (SSSR count). The van der Waals surface area contributed by atoms with Crippen molar-refractivity contribution in [3.05, 3.63) is 41.0 Å². The number of anilines is 2. The van der Waals surface area contributed by atoms with Crippen LogP contribution in [0.25, 0.3) is 10.7 Å². The van der Waals surface area contributed by atoms with Crippen LogP contribution in [0.1, 0.15) is 10.4 Å². The molecule has 1 amide bonds. The zero-order valence-corrected chi connectivity index (χ0v) is 15.0. The molecule has 136 valence electrons. The van der Waals surface area contributed by atoms with Crippen molar-refractivity contribution in [1.29, 1.82) is 0 Å². The van der Waals surface area contributed by atoms with Gasteiger partial charge in [0.2, 0.25) is 5.13 Å².